The van der Waals surface area contributed by atoms with E-state index in [0.29, 0.717) is 41.5 Å². The van der Waals surface area contributed by atoms with E-state index in [1.807, 2.05) is 0 Å². The van der Waals surface area contributed by atoms with Crippen molar-refractivity contribution in [1.29, 1.82) is 0 Å². The summed E-state index contributed by atoms with van der Waals surface area (Å²) in [5.74, 6) is 1.93. The van der Waals surface area contributed by atoms with Gasteiger partial charge in [-0.25, -0.2) is 5.43 Å². The van der Waals surface area contributed by atoms with Crippen LogP contribution in [0.1, 0.15) is 6.42 Å². The number of hydrogen-bond acceptors (Lipinski definition) is 8. The highest BCUT2D eigenvalue weighted by Crippen LogP contribution is 2.21. The van der Waals surface area contributed by atoms with Gasteiger partial charge in [0.05, 0.1) is 23.9 Å². The Morgan fingerprint density at radius 1 is 1.52 bits per heavy atom. The maximum absolute atomic E-state index is 6.04. The third-order valence-electron chi connectivity index (χ3n) is 3.76. The highest BCUT2D eigenvalue weighted by atomic mass is 16.5. The van der Waals surface area contributed by atoms with Crippen molar-refractivity contribution >= 4 is 11.7 Å². The van der Waals surface area contributed by atoms with Crippen molar-refractivity contribution in [2.24, 2.45) is 27.5 Å². The fourth-order valence-electron chi connectivity index (χ4n) is 2.58. The first kappa shape index (κ1) is 13.7. The van der Waals surface area contributed by atoms with E-state index in [4.69, 9.17) is 16.2 Å². The summed E-state index contributed by atoms with van der Waals surface area (Å²) in [4.78, 5) is 6.42. The van der Waals surface area contributed by atoms with Gasteiger partial charge in [0.2, 0.25) is 11.8 Å². The fourth-order valence-corrected chi connectivity index (χ4v) is 2.58. The molecule has 1 atom stereocenters. The molecule has 0 aromatic heterocycles. The Hall–Kier alpha value is -2.22. The van der Waals surface area contributed by atoms with Crippen molar-refractivity contribution in [1.82, 2.24) is 15.6 Å². The molecular weight excluding hydrogens is 270 g/mol. The zero-order valence-electron chi connectivity index (χ0n) is 12.1. The largest absolute Gasteiger partial charge is 0.421 e. The third-order valence-corrected chi connectivity index (χ3v) is 3.76. The van der Waals surface area contributed by atoms with Gasteiger partial charge in [-0.05, 0) is 26.1 Å². The number of likely N-dealkylation sites (tertiary alicyclic amines) is 1. The van der Waals surface area contributed by atoms with Crippen LogP contribution in [0.4, 0.5) is 0 Å². The number of hydrazone groups is 1. The standard InChI is InChI=1S/C13H21N7O/c1-20-5-2-8(7-20)12-18-19-13(21-12)9(14)6-10-11(15)17-4-3-16-10/h6,8,16,19H,2-5,7,14H2,1H3,(H2,15,17). The minimum atomic E-state index is 0.319. The fraction of sp³-hybridized carbons (Fsp3) is 0.538. The third kappa shape index (κ3) is 2.94. The number of rotatable bonds is 2. The van der Waals surface area contributed by atoms with Gasteiger partial charge in [-0.1, -0.05) is 0 Å². The van der Waals surface area contributed by atoms with Crippen molar-refractivity contribution in [2.45, 2.75) is 6.42 Å². The molecular formula is C13H21N7O. The summed E-state index contributed by atoms with van der Waals surface area (Å²) >= 11 is 0. The summed E-state index contributed by atoms with van der Waals surface area (Å²) in [5, 5.41) is 7.39. The molecule has 0 bridgehead atoms. The molecule has 3 aliphatic rings. The molecule has 0 saturated carbocycles. The molecule has 1 saturated heterocycles. The average molecular weight is 291 g/mol. The number of nitrogens with zero attached hydrogens (tertiary/aromatic N) is 3. The molecule has 114 valence electrons. The first-order chi connectivity index (χ1) is 10.1. The number of hydrogen-bond donors (Lipinski definition) is 4. The van der Waals surface area contributed by atoms with Crippen molar-refractivity contribution in [3.63, 3.8) is 0 Å². The van der Waals surface area contributed by atoms with Gasteiger partial charge in [0.15, 0.2) is 0 Å². The van der Waals surface area contributed by atoms with Gasteiger partial charge in [0.25, 0.3) is 0 Å². The Labute approximate surface area is 123 Å². The average Bonchev–Trinajstić information content (AvgIpc) is 3.10. The lowest BCUT2D eigenvalue weighted by molar-refractivity contribution is 0.368. The number of nitrogens with one attached hydrogen (secondary N) is 2. The second-order valence-electron chi connectivity index (χ2n) is 5.45. The molecule has 3 heterocycles. The Morgan fingerprint density at radius 2 is 2.38 bits per heavy atom. The van der Waals surface area contributed by atoms with E-state index in [9.17, 15) is 0 Å². The Morgan fingerprint density at radius 3 is 3.10 bits per heavy atom. The number of nitrogens with two attached hydrogens (primary N) is 2. The summed E-state index contributed by atoms with van der Waals surface area (Å²) in [6, 6.07) is 0. The van der Waals surface area contributed by atoms with Crippen molar-refractivity contribution < 1.29 is 4.74 Å². The minimum absolute atomic E-state index is 0.319. The zero-order valence-corrected chi connectivity index (χ0v) is 12.1. The van der Waals surface area contributed by atoms with E-state index < -0.39 is 0 Å². The van der Waals surface area contributed by atoms with Gasteiger partial charge in [-0.2, -0.15) is 0 Å². The summed E-state index contributed by atoms with van der Waals surface area (Å²) in [6.07, 6.45) is 2.77. The molecule has 0 aromatic carbocycles. The Kier molecular flexibility index (Phi) is 3.70. The molecule has 8 heteroatoms. The molecule has 0 spiro atoms. The quantitative estimate of drug-likeness (QED) is 0.510. The van der Waals surface area contributed by atoms with Crippen LogP contribution < -0.4 is 22.2 Å². The van der Waals surface area contributed by atoms with E-state index in [-0.39, 0.29) is 0 Å². The minimum Gasteiger partial charge on any atom is -0.421 e. The smallest absolute Gasteiger partial charge is 0.238 e. The van der Waals surface area contributed by atoms with E-state index in [2.05, 4.69) is 32.8 Å². The molecule has 21 heavy (non-hydrogen) atoms. The van der Waals surface area contributed by atoms with Crippen LogP contribution in [0.3, 0.4) is 0 Å². The van der Waals surface area contributed by atoms with Gasteiger partial charge >= 0.3 is 0 Å². The lowest BCUT2D eigenvalue weighted by Crippen LogP contribution is -2.34. The monoisotopic (exact) mass is 291 g/mol. The lowest BCUT2D eigenvalue weighted by atomic mass is 10.1. The first-order valence-electron chi connectivity index (χ1n) is 7.09. The van der Waals surface area contributed by atoms with E-state index in [0.717, 1.165) is 26.1 Å². The van der Waals surface area contributed by atoms with Gasteiger partial charge in [-0.15, -0.1) is 5.10 Å². The topological polar surface area (TPSA) is 113 Å². The second kappa shape index (κ2) is 5.65. The van der Waals surface area contributed by atoms with Gasteiger partial charge in [-0.3, -0.25) is 4.99 Å². The van der Waals surface area contributed by atoms with Gasteiger partial charge in [0.1, 0.15) is 5.84 Å². The number of ether oxygens (including phenoxy) is 1. The predicted octanol–water partition coefficient (Wildman–Crippen LogP) is -1.16. The molecule has 0 amide bonds. The molecule has 6 N–H and O–H groups in total. The zero-order chi connectivity index (χ0) is 14.8. The van der Waals surface area contributed by atoms with Crippen LogP contribution >= 0.6 is 0 Å². The van der Waals surface area contributed by atoms with E-state index in [1.165, 1.54) is 0 Å². The molecule has 8 nitrogen and oxygen atoms in total. The van der Waals surface area contributed by atoms with Crippen LogP contribution in [0.5, 0.6) is 0 Å². The maximum Gasteiger partial charge on any atom is 0.238 e. The van der Waals surface area contributed by atoms with E-state index in [1.54, 1.807) is 6.08 Å². The summed E-state index contributed by atoms with van der Waals surface area (Å²) in [5.41, 5.74) is 15.9. The first-order valence-corrected chi connectivity index (χ1v) is 7.09. The van der Waals surface area contributed by atoms with Crippen LogP contribution in [-0.2, 0) is 4.74 Å². The maximum atomic E-state index is 6.04. The van der Waals surface area contributed by atoms with E-state index >= 15 is 0 Å². The van der Waals surface area contributed by atoms with Gasteiger partial charge < -0.3 is 26.4 Å². The highest BCUT2D eigenvalue weighted by Gasteiger charge is 2.30. The molecule has 1 unspecified atom stereocenters. The van der Waals surface area contributed by atoms with Crippen LogP contribution in [0.25, 0.3) is 0 Å². The number of allylic oxidation sites excluding steroid dienone is 1. The highest BCUT2D eigenvalue weighted by molar-refractivity contribution is 5.97. The summed E-state index contributed by atoms with van der Waals surface area (Å²) < 4.78 is 5.75. The van der Waals surface area contributed by atoms with Crippen LogP contribution in [0.2, 0.25) is 0 Å². The second-order valence-corrected chi connectivity index (χ2v) is 5.45. The number of amidine groups is 1. The Balaban J connectivity index is 1.69. The van der Waals surface area contributed by atoms with Gasteiger partial charge in [0, 0.05) is 13.1 Å². The van der Waals surface area contributed by atoms with Crippen molar-refractivity contribution in [2.75, 3.05) is 33.2 Å². The predicted molar refractivity (Wildman–Crippen MR) is 81.0 cm³/mol. The van der Waals surface area contributed by atoms with Crippen molar-refractivity contribution in [3.8, 4) is 0 Å². The van der Waals surface area contributed by atoms with Crippen molar-refractivity contribution in [3.05, 3.63) is 23.4 Å². The normalized spacial score (nSPS) is 30.3. The number of aliphatic imine (C=N–C) groups is 1. The lowest BCUT2D eigenvalue weighted by Gasteiger charge is -2.15. The summed E-state index contributed by atoms with van der Waals surface area (Å²) in [6.45, 7) is 3.44. The van der Waals surface area contributed by atoms with Crippen LogP contribution in [-0.4, -0.2) is 49.9 Å². The molecule has 3 rings (SSSR count). The van der Waals surface area contributed by atoms with Crippen LogP contribution in [0.15, 0.2) is 33.4 Å². The summed E-state index contributed by atoms with van der Waals surface area (Å²) in [7, 11) is 2.09. The molecule has 3 aliphatic heterocycles. The molecule has 1 fully saturated rings. The Bertz CT molecular complexity index is 549. The SMILES string of the molecule is CN1CCC(C2=NNC(=C(N)C=C3NCCN=C3N)O2)C1. The van der Waals surface area contributed by atoms with Crippen LogP contribution in [0, 0.1) is 5.92 Å². The molecule has 0 aliphatic carbocycles. The molecule has 0 radical (unpaired) electrons. The molecule has 0 aromatic rings.